The van der Waals surface area contributed by atoms with Gasteiger partial charge in [0.15, 0.2) is 0 Å². The van der Waals surface area contributed by atoms with Crippen molar-refractivity contribution in [3.8, 4) is 29.3 Å². The van der Waals surface area contributed by atoms with Gasteiger partial charge >= 0.3 is 0 Å². The molecular formula is C22H19N3O5. The van der Waals surface area contributed by atoms with Crippen LogP contribution in [0.2, 0.25) is 0 Å². The molecule has 0 radical (unpaired) electrons. The van der Waals surface area contributed by atoms with Crippen LogP contribution in [0, 0.1) is 11.3 Å². The number of methoxy groups -OCH3 is 1. The van der Waals surface area contributed by atoms with Gasteiger partial charge in [-0.1, -0.05) is 30.3 Å². The lowest BCUT2D eigenvalue weighted by atomic mass is 10.1. The largest absolute Gasteiger partial charge is 0.504 e. The van der Waals surface area contributed by atoms with E-state index in [9.17, 15) is 5.26 Å². The fraction of sp³-hybridized carbons (Fsp3) is 0.136. The van der Waals surface area contributed by atoms with Gasteiger partial charge in [-0.2, -0.15) is 5.26 Å². The Balaban J connectivity index is 1.85. The Bertz CT molecular complexity index is 1060. The highest BCUT2D eigenvalue weighted by atomic mass is 17.2. The number of benzene rings is 2. The second-order valence-corrected chi connectivity index (χ2v) is 5.81. The first kappa shape index (κ1) is 20.8. The lowest BCUT2D eigenvalue weighted by Gasteiger charge is -2.13. The summed E-state index contributed by atoms with van der Waals surface area (Å²) in [7, 11) is 2.98. The molecule has 1 heterocycles. The molecule has 0 aliphatic heterocycles. The highest BCUT2D eigenvalue weighted by molar-refractivity contribution is 5.70. The molecule has 0 bridgehead atoms. The number of aromatic nitrogens is 2. The third-order valence-corrected chi connectivity index (χ3v) is 3.88. The number of nitrogens with zero attached hydrogens (tertiary/aromatic N) is 3. The minimum absolute atomic E-state index is 0.161. The molecule has 0 saturated carbocycles. The molecule has 8 heteroatoms. The van der Waals surface area contributed by atoms with E-state index in [2.05, 4.69) is 16.0 Å². The molecule has 0 saturated heterocycles. The summed E-state index contributed by atoms with van der Waals surface area (Å²) >= 11 is 0. The zero-order valence-electron chi connectivity index (χ0n) is 16.4. The number of hydrogen-bond donors (Lipinski definition) is 0. The van der Waals surface area contributed by atoms with Crippen molar-refractivity contribution in [3.63, 3.8) is 0 Å². The average Bonchev–Trinajstić information content (AvgIpc) is 2.78. The number of hydrogen-bond acceptors (Lipinski definition) is 8. The topological polar surface area (TPSA) is 95.7 Å². The smallest absolute Gasteiger partial charge is 0.226 e. The van der Waals surface area contributed by atoms with Crippen molar-refractivity contribution in [3.05, 3.63) is 78.3 Å². The molecular weight excluding hydrogens is 386 g/mol. The molecule has 0 unspecified atom stereocenters. The Labute approximate surface area is 173 Å². The van der Waals surface area contributed by atoms with Crippen molar-refractivity contribution in [2.24, 2.45) is 0 Å². The number of nitriles is 1. The van der Waals surface area contributed by atoms with E-state index in [0.717, 1.165) is 5.56 Å². The van der Waals surface area contributed by atoms with Crippen LogP contribution in [-0.2, 0) is 14.5 Å². The van der Waals surface area contributed by atoms with Crippen molar-refractivity contribution in [2.45, 2.75) is 0 Å². The van der Waals surface area contributed by atoms with Crippen LogP contribution in [0.4, 0.5) is 0 Å². The van der Waals surface area contributed by atoms with E-state index in [4.69, 9.17) is 24.0 Å². The molecule has 0 N–H and O–H groups in total. The molecule has 3 aromatic rings. The summed E-state index contributed by atoms with van der Waals surface area (Å²) in [6.07, 6.45) is 2.87. The van der Waals surface area contributed by atoms with Crippen molar-refractivity contribution in [1.82, 2.24) is 9.97 Å². The second kappa shape index (κ2) is 10.6. The van der Waals surface area contributed by atoms with Gasteiger partial charge in [0.1, 0.15) is 30.5 Å². The molecule has 8 nitrogen and oxygen atoms in total. The first-order valence-corrected chi connectivity index (χ1v) is 8.89. The van der Waals surface area contributed by atoms with Gasteiger partial charge < -0.3 is 14.2 Å². The van der Waals surface area contributed by atoms with E-state index in [1.165, 1.54) is 19.5 Å². The molecule has 0 amide bonds. The van der Waals surface area contributed by atoms with Gasteiger partial charge in [0.25, 0.3) is 0 Å². The Morgan fingerprint density at radius 3 is 2.33 bits per heavy atom. The number of para-hydroxylation sites is 2. The summed E-state index contributed by atoms with van der Waals surface area (Å²) in [5.41, 5.74) is 1.85. The zero-order chi connectivity index (χ0) is 21.2. The Morgan fingerprint density at radius 2 is 1.63 bits per heavy atom. The van der Waals surface area contributed by atoms with Gasteiger partial charge in [-0.05, 0) is 18.2 Å². The molecule has 30 heavy (non-hydrogen) atoms. The molecule has 0 spiro atoms. The molecule has 1 aromatic heterocycles. The van der Waals surface area contributed by atoms with Crippen molar-refractivity contribution in [1.29, 1.82) is 5.26 Å². The van der Waals surface area contributed by atoms with E-state index in [1.54, 1.807) is 43.7 Å². The van der Waals surface area contributed by atoms with E-state index in [0.29, 0.717) is 22.6 Å². The van der Waals surface area contributed by atoms with E-state index in [1.807, 2.05) is 18.2 Å². The molecule has 0 fully saturated rings. The van der Waals surface area contributed by atoms with Gasteiger partial charge in [0.2, 0.25) is 11.8 Å². The van der Waals surface area contributed by atoms with Gasteiger partial charge in [-0.15, -0.1) is 0 Å². The number of ether oxygens (including phenoxy) is 3. The molecule has 0 aliphatic rings. The quantitative estimate of drug-likeness (QED) is 0.292. The first-order chi connectivity index (χ1) is 14.7. The fourth-order valence-corrected chi connectivity index (χ4v) is 2.57. The lowest BCUT2D eigenvalue weighted by Crippen LogP contribution is -2.00. The van der Waals surface area contributed by atoms with Crippen LogP contribution in [0.25, 0.3) is 5.57 Å². The minimum atomic E-state index is 0.161. The van der Waals surface area contributed by atoms with Crippen LogP contribution < -0.4 is 9.47 Å². The fourth-order valence-electron chi connectivity index (χ4n) is 2.57. The van der Waals surface area contributed by atoms with Gasteiger partial charge in [-0.3, -0.25) is 0 Å². The van der Waals surface area contributed by atoms with E-state index in [-0.39, 0.29) is 18.4 Å². The maximum atomic E-state index is 9.21. The summed E-state index contributed by atoms with van der Waals surface area (Å²) < 4.78 is 16.8. The van der Waals surface area contributed by atoms with Crippen LogP contribution >= 0.6 is 0 Å². The molecule has 3 rings (SSSR count). The summed E-state index contributed by atoms with van der Waals surface area (Å²) in [5.74, 6) is 1.44. The first-order valence-electron chi connectivity index (χ1n) is 8.89. The van der Waals surface area contributed by atoms with Crippen LogP contribution in [0.15, 0.2) is 67.2 Å². The third-order valence-electron chi connectivity index (χ3n) is 3.88. The van der Waals surface area contributed by atoms with Crippen LogP contribution in [-0.4, -0.2) is 30.8 Å². The molecule has 0 aliphatic carbocycles. The van der Waals surface area contributed by atoms with Crippen molar-refractivity contribution < 1.29 is 24.0 Å². The third kappa shape index (κ3) is 5.32. The molecule has 152 valence electrons. The SMILES string of the molecule is CO/C=C(/COOC)c1ccccc1Oc1cc(Oc2ccccc2C#N)ncn1. The predicted molar refractivity (Wildman–Crippen MR) is 108 cm³/mol. The normalized spacial score (nSPS) is 10.9. The highest BCUT2D eigenvalue weighted by Crippen LogP contribution is 2.31. The van der Waals surface area contributed by atoms with Crippen LogP contribution in [0.1, 0.15) is 11.1 Å². The van der Waals surface area contributed by atoms with Crippen molar-refractivity contribution in [2.75, 3.05) is 20.8 Å². The second-order valence-electron chi connectivity index (χ2n) is 5.81. The van der Waals surface area contributed by atoms with Gasteiger partial charge in [0, 0.05) is 11.1 Å². The minimum Gasteiger partial charge on any atom is -0.504 e. The van der Waals surface area contributed by atoms with Crippen LogP contribution in [0.5, 0.6) is 23.3 Å². The van der Waals surface area contributed by atoms with Gasteiger partial charge in [-0.25, -0.2) is 19.7 Å². The Morgan fingerprint density at radius 1 is 0.967 bits per heavy atom. The number of rotatable bonds is 9. The Kier molecular flexibility index (Phi) is 7.33. The molecule has 2 aromatic carbocycles. The zero-order valence-corrected chi connectivity index (χ0v) is 16.4. The average molecular weight is 405 g/mol. The summed E-state index contributed by atoms with van der Waals surface area (Å²) in [5, 5.41) is 9.21. The predicted octanol–water partition coefficient (Wildman–Crippen LogP) is 4.50. The van der Waals surface area contributed by atoms with Gasteiger partial charge in [0.05, 0.1) is 32.1 Å². The highest BCUT2D eigenvalue weighted by Gasteiger charge is 2.13. The standard InChI is InChI=1S/C22H19N3O5/c1-26-13-17(14-28-27-2)18-8-4-6-10-20(18)30-22-11-21(24-15-25-22)29-19-9-5-3-7-16(19)12-23/h3-11,13,15H,14H2,1-2H3/b17-13-. The molecule has 0 atom stereocenters. The van der Waals surface area contributed by atoms with E-state index < -0.39 is 0 Å². The monoisotopic (exact) mass is 405 g/mol. The van der Waals surface area contributed by atoms with Crippen LogP contribution in [0.3, 0.4) is 0 Å². The maximum absolute atomic E-state index is 9.21. The van der Waals surface area contributed by atoms with E-state index >= 15 is 0 Å². The lowest BCUT2D eigenvalue weighted by molar-refractivity contribution is -0.261. The Hall–Kier alpha value is -3.93. The summed E-state index contributed by atoms with van der Waals surface area (Å²) in [6, 6.07) is 17.9. The maximum Gasteiger partial charge on any atom is 0.226 e. The summed E-state index contributed by atoms with van der Waals surface area (Å²) in [4.78, 5) is 18.0. The summed E-state index contributed by atoms with van der Waals surface area (Å²) in [6.45, 7) is 0.161. The van der Waals surface area contributed by atoms with Crippen molar-refractivity contribution >= 4 is 5.57 Å².